The molecule has 1 aromatic carbocycles. The van der Waals surface area contributed by atoms with E-state index >= 15 is 0 Å². The van der Waals surface area contributed by atoms with Crippen LogP contribution >= 0.6 is 35.3 Å². The first-order chi connectivity index (χ1) is 12.1. The quantitative estimate of drug-likeness (QED) is 0.242. The van der Waals surface area contributed by atoms with Crippen LogP contribution in [0.25, 0.3) is 0 Å². The SMILES string of the molecule is CN=C(NCCCNC(=O)c1cccs1)NCc1ccc(C)c(F)c1.I. The minimum absolute atomic E-state index is 0. The van der Waals surface area contributed by atoms with E-state index in [1.807, 2.05) is 17.5 Å². The third-order valence-electron chi connectivity index (χ3n) is 3.60. The molecule has 0 aliphatic rings. The molecule has 1 heterocycles. The Balaban J connectivity index is 0.00000338. The highest BCUT2D eigenvalue weighted by Crippen LogP contribution is 2.09. The van der Waals surface area contributed by atoms with Crippen molar-refractivity contribution in [3.8, 4) is 0 Å². The maximum absolute atomic E-state index is 13.5. The summed E-state index contributed by atoms with van der Waals surface area (Å²) in [5.74, 6) is 0.396. The number of carbonyl (C=O) groups excluding carboxylic acids is 1. The van der Waals surface area contributed by atoms with Gasteiger partial charge in [0, 0.05) is 26.7 Å². The van der Waals surface area contributed by atoms with Crippen LogP contribution in [-0.2, 0) is 6.54 Å². The molecule has 3 N–H and O–H groups in total. The van der Waals surface area contributed by atoms with Crippen LogP contribution in [0.2, 0.25) is 0 Å². The number of thiophene rings is 1. The van der Waals surface area contributed by atoms with Gasteiger partial charge < -0.3 is 16.0 Å². The van der Waals surface area contributed by atoms with Gasteiger partial charge in [-0.05, 0) is 42.0 Å². The van der Waals surface area contributed by atoms with Gasteiger partial charge in [-0.3, -0.25) is 9.79 Å². The van der Waals surface area contributed by atoms with E-state index in [1.54, 1.807) is 26.1 Å². The van der Waals surface area contributed by atoms with E-state index in [1.165, 1.54) is 17.4 Å². The lowest BCUT2D eigenvalue weighted by Gasteiger charge is -2.12. The molecule has 0 aliphatic heterocycles. The van der Waals surface area contributed by atoms with Crippen molar-refractivity contribution in [2.24, 2.45) is 4.99 Å². The van der Waals surface area contributed by atoms with Gasteiger partial charge in [0.05, 0.1) is 4.88 Å². The van der Waals surface area contributed by atoms with Crippen molar-refractivity contribution >= 4 is 47.2 Å². The zero-order chi connectivity index (χ0) is 18.1. The predicted molar refractivity (Wildman–Crippen MR) is 116 cm³/mol. The molecule has 2 rings (SSSR count). The summed E-state index contributed by atoms with van der Waals surface area (Å²) in [4.78, 5) is 16.6. The van der Waals surface area contributed by atoms with Crippen molar-refractivity contribution in [2.45, 2.75) is 19.9 Å². The fraction of sp³-hybridized carbons (Fsp3) is 0.333. The second-order valence-corrected chi connectivity index (χ2v) is 6.47. The highest BCUT2D eigenvalue weighted by Gasteiger charge is 2.05. The molecule has 0 fully saturated rings. The number of aliphatic imine (C=N–C) groups is 1. The van der Waals surface area contributed by atoms with Crippen LogP contribution in [0.4, 0.5) is 4.39 Å². The fourth-order valence-electron chi connectivity index (χ4n) is 2.14. The Morgan fingerprint density at radius 1 is 1.19 bits per heavy atom. The van der Waals surface area contributed by atoms with Crippen molar-refractivity contribution in [3.63, 3.8) is 0 Å². The average Bonchev–Trinajstić information content (AvgIpc) is 3.15. The van der Waals surface area contributed by atoms with Crippen LogP contribution in [0.5, 0.6) is 0 Å². The zero-order valence-electron chi connectivity index (χ0n) is 14.8. The number of amides is 1. The summed E-state index contributed by atoms with van der Waals surface area (Å²) in [7, 11) is 1.68. The Morgan fingerprint density at radius 2 is 1.96 bits per heavy atom. The summed E-state index contributed by atoms with van der Waals surface area (Å²) >= 11 is 1.43. The molecule has 0 unspecified atom stereocenters. The maximum Gasteiger partial charge on any atom is 0.261 e. The average molecular weight is 490 g/mol. The number of rotatable bonds is 7. The summed E-state index contributed by atoms with van der Waals surface area (Å²) in [6, 6.07) is 8.84. The smallest absolute Gasteiger partial charge is 0.261 e. The molecule has 0 radical (unpaired) electrons. The van der Waals surface area contributed by atoms with Crippen LogP contribution in [0.15, 0.2) is 40.7 Å². The van der Waals surface area contributed by atoms with Gasteiger partial charge in [-0.15, -0.1) is 35.3 Å². The van der Waals surface area contributed by atoms with Crippen molar-refractivity contribution in [2.75, 3.05) is 20.1 Å². The van der Waals surface area contributed by atoms with Gasteiger partial charge in [0.1, 0.15) is 5.82 Å². The van der Waals surface area contributed by atoms with Gasteiger partial charge in [-0.1, -0.05) is 18.2 Å². The first-order valence-corrected chi connectivity index (χ1v) is 8.99. The number of hydrogen-bond acceptors (Lipinski definition) is 3. The monoisotopic (exact) mass is 490 g/mol. The summed E-state index contributed by atoms with van der Waals surface area (Å²) in [6.45, 7) is 3.49. The Morgan fingerprint density at radius 3 is 2.62 bits per heavy atom. The third kappa shape index (κ3) is 7.28. The number of hydrogen-bond donors (Lipinski definition) is 3. The van der Waals surface area contributed by atoms with Crippen LogP contribution in [0, 0.1) is 12.7 Å². The Hall–Kier alpha value is -1.68. The van der Waals surface area contributed by atoms with E-state index in [0.717, 1.165) is 16.9 Å². The first kappa shape index (κ1) is 22.4. The highest BCUT2D eigenvalue weighted by molar-refractivity contribution is 14.0. The van der Waals surface area contributed by atoms with Crippen molar-refractivity contribution in [3.05, 3.63) is 57.5 Å². The Labute approximate surface area is 174 Å². The number of nitrogens with one attached hydrogen (secondary N) is 3. The van der Waals surface area contributed by atoms with Crippen molar-refractivity contribution < 1.29 is 9.18 Å². The minimum Gasteiger partial charge on any atom is -0.356 e. The van der Waals surface area contributed by atoms with Gasteiger partial charge >= 0.3 is 0 Å². The van der Waals surface area contributed by atoms with E-state index in [-0.39, 0.29) is 35.7 Å². The van der Waals surface area contributed by atoms with Gasteiger partial charge in [0.2, 0.25) is 0 Å². The number of benzene rings is 1. The molecule has 142 valence electrons. The number of guanidine groups is 1. The molecule has 0 spiro atoms. The highest BCUT2D eigenvalue weighted by atomic mass is 127. The second-order valence-electron chi connectivity index (χ2n) is 5.52. The maximum atomic E-state index is 13.5. The molecule has 5 nitrogen and oxygen atoms in total. The third-order valence-corrected chi connectivity index (χ3v) is 4.46. The van der Waals surface area contributed by atoms with Gasteiger partial charge in [-0.2, -0.15) is 0 Å². The molecular formula is C18H24FIN4OS. The fourth-order valence-corrected chi connectivity index (χ4v) is 2.78. The topological polar surface area (TPSA) is 65.5 Å². The standard InChI is InChI=1S/C18H23FN4OS.HI/c1-13-6-7-14(11-15(13)19)12-23-18(20-2)22-9-4-8-21-17(24)16-5-3-10-25-16;/h3,5-7,10-11H,4,8-9,12H2,1-2H3,(H,21,24)(H2,20,22,23);1H. The molecule has 26 heavy (non-hydrogen) atoms. The molecule has 1 amide bonds. The molecular weight excluding hydrogens is 466 g/mol. The number of carbonyl (C=O) groups is 1. The van der Waals surface area contributed by atoms with E-state index in [0.29, 0.717) is 31.2 Å². The van der Waals surface area contributed by atoms with E-state index in [2.05, 4.69) is 20.9 Å². The largest absolute Gasteiger partial charge is 0.356 e. The van der Waals surface area contributed by atoms with E-state index in [9.17, 15) is 9.18 Å². The molecule has 2 aromatic rings. The van der Waals surface area contributed by atoms with Crippen LogP contribution in [0.1, 0.15) is 27.2 Å². The summed E-state index contributed by atoms with van der Waals surface area (Å²) in [5, 5.41) is 11.1. The Bertz CT molecular complexity index is 722. The lowest BCUT2D eigenvalue weighted by molar-refractivity contribution is 0.0957. The number of aryl methyl sites for hydroxylation is 1. The molecule has 0 saturated heterocycles. The first-order valence-electron chi connectivity index (χ1n) is 8.11. The summed E-state index contributed by atoms with van der Waals surface area (Å²) < 4.78 is 13.5. The van der Waals surface area contributed by atoms with Gasteiger partial charge in [0.25, 0.3) is 5.91 Å². The summed E-state index contributed by atoms with van der Waals surface area (Å²) in [5.41, 5.74) is 1.49. The van der Waals surface area contributed by atoms with Crippen LogP contribution in [-0.4, -0.2) is 32.0 Å². The molecule has 1 aromatic heterocycles. The number of nitrogens with zero attached hydrogens (tertiary/aromatic N) is 1. The van der Waals surface area contributed by atoms with Gasteiger partial charge in [0.15, 0.2) is 5.96 Å². The second kappa shape index (κ2) is 11.8. The van der Waals surface area contributed by atoms with Crippen LogP contribution in [0.3, 0.4) is 0 Å². The minimum atomic E-state index is -0.205. The predicted octanol–water partition coefficient (Wildman–Crippen LogP) is 3.30. The van der Waals surface area contributed by atoms with Gasteiger partial charge in [-0.25, -0.2) is 4.39 Å². The van der Waals surface area contributed by atoms with E-state index < -0.39 is 0 Å². The molecule has 0 aliphatic carbocycles. The molecule has 0 atom stereocenters. The summed E-state index contributed by atoms with van der Waals surface area (Å²) in [6.07, 6.45) is 0.775. The molecule has 8 heteroatoms. The van der Waals surface area contributed by atoms with Crippen molar-refractivity contribution in [1.82, 2.24) is 16.0 Å². The van der Waals surface area contributed by atoms with Crippen LogP contribution < -0.4 is 16.0 Å². The lowest BCUT2D eigenvalue weighted by Crippen LogP contribution is -2.38. The normalized spacial score (nSPS) is 10.8. The number of halogens is 2. The molecule has 0 bridgehead atoms. The van der Waals surface area contributed by atoms with E-state index in [4.69, 9.17) is 0 Å². The Kier molecular flexibility index (Phi) is 10.2. The lowest BCUT2D eigenvalue weighted by atomic mass is 10.1. The molecule has 0 saturated carbocycles. The van der Waals surface area contributed by atoms with Crippen molar-refractivity contribution in [1.29, 1.82) is 0 Å². The zero-order valence-corrected chi connectivity index (χ0v) is 18.0.